The second-order valence-corrected chi connectivity index (χ2v) is 10.5. The van der Waals surface area contributed by atoms with Gasteiger partial charge >= 0.3 is 0 Å². The molecular formula is C31H33NO. The van der Waals surface area contributed by atoms with Gasteiger partial charge in [0.15, 0.2) is 5.78 Å². The Morgan fingerprint density at radius 3 is 1.94 bits per heavy atom. The summed E-state index contributed by atoms with van der Waals surface area (Å²) < 4.78 is 0. The standard InChI is InChI=1S/C31H33NO/c33-31(28-16-14-26(15-17-28)25-4-2-1-3-5-25)18-22-10-12-27(13-11-22)29-19-30(29)32(20-23-6-7-23)21-24-8-9-24/h1-5,10-17,23-24,29-30H,6-9,18-21H2. The number of carbonyl (C=O) groups excluding carboxylic acids is 1. The van der Waals surface area contributed by atoms with Crippen molar-refractivity contribution in [2.45, 2.75) is 50.5 Å². The minimum Gasteiger partial charge on any atom is -0.299 e. The first-order chi connectivity index (χ1) is 16.2. The van der Waals surface area contributed by atoms with Crippen LogP contribution in [-0.4, -0.2) is 29.8 Å². The normalized spacial score (nSPS) is 21.8. The monoisotopic (exact) mass is 435 g/mol. The van der Waals surface area contributed by atoms with E-state index in [1.807, 2.05) is 42.5 Å². The number of hydrogen-bond acceptors (Lipinski definition) is 2. The summed E-state index contributed by atoms with van der Waals surface area (Å²) in [7, 11) is 0. The molecule has 0 radical (unpaired) electrons. The lowest BCUT2D eigenvalue weighted by Crippen LogP contribution is -2.31. The average Bonchev–Trinajstić information content (AvgIpc) is 3.70. The Bertz CT molecular complexity index is 1080. The second-order valence-electron chi connectivity index (χ2n) is 10.5. The van der Waals surface area contributed by atoms with Gasteiger partial charge in [0.1, 0.15) is 0 Å². The van der Waals surface area contributed by atoms with E-state index in [1.165, 1.54) is 56.3 Å². The van der Waals surface area contributed by atoms with Crippen LogP contribution in [0.3, 0.4) is 0 Å². The van der Waals surface area contributed by atoms with Crippen LogP contribution in [0, 0.1) is 11.8 Å². The lowest BCUT2D eigenvalue weighted by Gasteiger charge is -2.22. The topological polar surface area (TPSA) is 20.3 Å². The van der Waals surface area contributed by atoms with Crippen molar-refractivity contribution in [3.05, 3.63) is 95.6 Å². The van der Waals surface area contributed by atoms with Crippen molar-refractivity contribution in [2.24, 2.45) is 11.8 Å². The van der Waals surface area contributed by atoms with E-state index in [9.17, 15) is 4.79 Å². The first-order valence-corrected chi connectivity index (χ1v) is 12.7. The molecule has 0 N–H and O–H groups in total. The van der Waals surface area contributed by atoms with Crippen molar-refractivity contribution < 1.29 is 4.79 Å². The highest BCUT2D eigenvalue weighted by Gasteiger charge is 2.45. The van der Waals surface area contributed by atoms with Gasteiger partial charge in [-0.25, -0.2) is 0 Å². The molecule has 0 spiro atoms. The highest BCUT2D eigenvalue weighted by atomic mass is 16.1. The van der Waals surface area contributed by atoms with E-state index < -0.39 is 0 Å². The fraction of sp³-hybridized carbons (Fsp3) is 0.387. The predicted molar refractivity (Wildman–Crippen MR) is 135 cm³/mol. The minimum absolute atomic E-state index is 0.187. The van der Waals surface area contributed by atoms with Gasteiger partial charge < -0.3 is 0 Å². The van der Waals surface area contributed by atoms with Crippen LogP contribution in [0.4, 0.5) is 0 Å². The highest BCUT2D eigenvalue weighted by Crippen LogP contribution is 2.47. The molecule has 2 heteroatoms. The van der Waals surface area contributed by atoms with Crippen LogP contribution in [0.15, 0.2) is 78.9 Å². The van der Waals surface area contributed by atoms with Gasteiger partial charge in [0.05, 0.1) is 0 Å². The molecule has 0 heterocycles. The molecule has 2 nitrogen and oxygen atoms in total. The van der Waals surface area contributed by atoms with Crippen LogP contribution < -0.4 is 0 Å². The van der Waals surface area contributed by atoms with Gasteiger partial charge in [-0.15, -0.1) is 0 Å². The molecule has 3 fully saturated rings. The fourth-order valence-electron chi connectivity index (χ4n) is 5.20. The Morgan fingerprint density at radius 1 is 0.727 bits per heavy atom. The molecule has 0 aliphatic heterocycles. The lowest BCUT2D eigenvalue weighted by atomic mass is 9.98. The zero-order valence-electron chi connectivity index (χ0n) is 19.3. The molecule has 2 atom stereocenters. The summed E-state index contributed by atoms with van der Waals surface area (Å²) in [6.07, 6.45) is 7.54. The average molecular weight is 436 g/mol. The highest BCUT2D eigenvalue weighted by molar-refractivity contribution is 5.97. The van der Waals surface area contributed by atoms with Crippen molar-refractivity contribution >= 4 is 5.78 Å². The third-order valence-corrected chi connectivity index (χ3v) is 7.69. The maximum atomic E-state index is 12.8. The third-order valence-electron chi connectivity index (χ3n) is 7.69. The van der Waals surface area contributed by atoms with Crippen LogP contribution in [0.5, 0.6) is 0 Å². The molecular weight excluding hydrogens is 402 g/mol. The molecule has 0 saturated heterocycles. The Balaban J connectivity index is 1.06. The van der Waals surface area contributed by atoms with Crippen molar-refractivity contribution in [3.63, 3.8) is 0 Å². The van der Waals surface area contributed by atoms with E-state index >= 15 is 0 Å². The maximum absolute atomic E-state index is 12.8. The van der Waals surface area contributed by atoms with Crippen molar-refractivity contribution in [2.75, 3.05) is 13.1 Å². The Morgan fingerprint density at radius 2 is 1.33 bits per heavy atom. The van der Waals surface area contributed by atoms with E-state index in [0.29, 0.717) is 12.3 Å². The number of ketones is 1. The molecule has 33 heavy (non-hydrogen) atoms. The molecule has 3 aromatic carbocycles. The first-order valence-electron chi connectivity index (χ1n) is 12.7. The summed E-state index contributed by atoms with van der Waals surface area (Å²) in [6, 6.07) is 28.0. The Kier molecular flexibility index (Phi) is 5.63. The zero-order chi connectivity index (χ0) is 22.2. The van der Waals surface area contributed by atoms with E-state index in [1.54, 1.807) is 0 Å². The van der Waals surface area contributed by atoms with Gasteiger partial charge in [-0.1, -0.05) is 78.9 Å². The minimum atomic E-state index is 0.187. The van der Waals surface area contributed by atoms with E-state index in [4.69, 9.17) is 0 Å². The molecule has 168 valence electrons. The van der Waals surface area contributed by atoms with Gasteiger partial charge in [-0.3, -0.25) is 9.69 Å². The maximum Gasteiger partial charge on any atom is 0.167 e. The van der Waals surface area contributed by atoms with Gasteiger partial charge in [-0.2, -0.15) is 0 Å². The van der Waals surface area contributed by atoms with Gasteiger partial charge in [0.25, 0.3) is 0 Å². The van der Waals surface area contributed by atoms with Crippen molar-refractivity contribution in [1.29, 1.82) is 0 Å². The number of Topliss-reactive ketones (excluding diaryl/α,β-unsaturated/α-hetero) is 1. The number of carbonyl (C=O) groups is 1. The van der Waals surface area contributed by atoms with Crippen LogP contribution in [-0.2, 0) is 6.42 Å². The zero-order valence-corrected chi connectivity index (χ0v) is 19.3. The Labute approximate surface area is 197 Å². The molecule has 3 aliphatic rings. The van der Waals surface area contributed by atoms with Gasteiger partial charge in [-0.05, 0) is 66.2 Å². The van der Waals surface area contributed by atoms with Gasteiger partial charge in [0, 0.05) is 37.0 Å². The number of nitrogens with zero attached hydrogens (tertiary/aromatic N) is 1. The summed E-state index contributed by atoms with van der Waals surface area (Å²) >= 11 is 0. The molecule has 6 rings (SSSR count). The van der Waals surface area contributed by atoms with Gasteiger partial charge in [0.2, 0.25) is 0 Å². The summed E-state index contributed by atoms with van der Waals surface area (Å²) in [6.45, 7) is 2.65. The molecule has 2 unspecified atom stereocenters. The van der Waals surface area contributed by atoms with Crippen LogP contribution >= 0.6 is 0 Å². The van der Waals surface area contributed by atoms with Crippen molar-refractivity contribution in [3.8, 4) is 11.1 Å². The van der Waals surface area contributed by atoms with Crippen LogP contribution in [0.25, 0.3) is 11.1 Å². The SMILES string of the molecule is O=C(Cc1ccc(C2CC2N(CC2CC2)CC2CC2)cc1)c1ccc(-c2ccccc2)cc1. The van der Waals surface area contributed by atoms with Crippen LogP contribution in [0.1, 0.15) is 59.5 Å². The lowest BCUT2D eigenvalue weighted by molar-refractivity contribution is 0.0993. The fourth-order valence-corrected chi connectivity index (χ4v) is 5.20. The summed E-state index contributed by atoms with van der Waals surface area (Å²) in [5.74, 6) is 2.82. The summed E-state index contributed by atoms with van der Waals surface area (Å²) in [5.41, 5.74) is 5.68. The smallest absolute Gasteiger partial charge is 0.167 e. The molecule has 3 aromatic rings. The number of benzene rings is 3. The quantitative estimate of drug-likeness (QED) is 0.328. The van der Waals surface area contributed by atoms with Crippen molar-refractivity contribution in [1.82, 2.24) is 4.90 Å². The molecule has 0 amide bonds. The molecule has 0 bridgehead atoms. The Hall–Kier alpha value is -2.71. The predicted octanol–water partition coefficient (Wildman–Crippen LogP) is 6.76. The molecule has 3 saturated carbocycles. The largest absolute Gasteiger partial charge is 0.299 e. The third kappa shape index (κ3) is 5.12. The molecule has 3 aliphatic carbocycles. The first kappa shape index (κ1) is 20.9. The van der Waals surface area contributed by atoms with E-state index in [2.05, 4.69) is 41.3 Å². The number of rotatable bonds is 10. The van der Waals surface area contributed by atoms with Crippen LogP contribution in [0.2, 0.25) is 0 Å². The molecule has 0 aromatic heterocycles. The number of hydrogen-bond donors (Lipinski definition) is 0. The van der Waals surface area contributed by atoms with E-state index in [-0.39, 0.29) is 5.78 Å². The summed E-state index contributed by atoms with van der Waals surface area (Å²) in [5, 5.41) is 0. The second kappa shape index (κ2) is 8.91. The van der Waals surface area contributed by atoms with E-state index in [0.717, 1.165) is 34.6 Å². The summed E-state index contributed by atoms with van der Waals surface area (Å²) in [4.78, 5) is 15.7.